The number of anilines is 4. The van der Waals surface area contributed by atoms with Crippen LogP contribution in [0.15, 0.2) is 182 Å². The van der Waals surface area contributed by atoms with Crippen molar-refractivity contribution >= 4 is 44.6 Å². The summed E-state index contributed by atoms with van der Waals surface area (Å²) < 4.78 is 35.2. The topological polar surface area (TPSA) is 33.5 Å². The second-order valence-corrected chi connectivity index (χ2v) is 22.1. The molecule has 8 aromatic carbocycles. The fourth-order valence-corrected chi connectivity index (χ4v) is 9.81. The molecule has 1 aliphatic rings. The molecule has 0 N–H and O–H groups in total. The molecule has 0 radical (unpaired) electrons. The number of pyridine rings is 1. The summed E-state index contributed by atoms with van der Waals surface area (Å²) in [6, 6.07) is 67.8. The number of hydrogen-bond donors (Lipinski definition) is 0. The van der Waals surface area contributed by atoms with Crippen LogP contribution in [0.1, 0.15) is 88.7 Å². The van der Waals surface area contributed by atoms with Crippen molar-refractivity contribution in [1.29, 1.82) is 0 Å². The monoisotopic (exact) mass is 1140 g/mol. The van der Waals surface area contributed by atoms with Gasteiger partial charge in [-0.3, -0.25) is 0 Å². The Hall–Kier alpha value is -7.20. The van der Waals surface area contributed by atoms with Crippen molar-refractivity contribution in [3.8, 4) is 50.7 Å². The third-order valence-corrected chi connectivity index (χ3v) is 13.9. The zero-order valence-corrected chi connectivity index (χ0v) is 45.2. The molecule has 0 unspecified atom stereocenters. The van der Waals surface area contributed by atoms with Crippen molar-refractivity contribution in [2.24, 2.45) is 0 Å². The first-order chi connectivity index (χ1) is 35.7. The molecule has 0 aliphatic carbocycles. The number of aryl methyl sites for hydroxylation is 1. The van der Waals surface area contributed by atoms with E-state index in [1.54, 1.807) is 12.3 Å². The molecule has 0 saturated heterocycles. The molecule has 0 fully saturated rings. The minimum absolute atomic E-state index is 0. The molecule has 368 valence electrons. The molecule has 6 heteroatoms. The molecule has 0 saturated carbocycles. The molecule has 0 atom stereocenters. The molecule has 5 nitrogen and oxygen atoms in total. The van der Waals surface area contributed by atoms with Gasteiger partial charge in [-0.05, 0) is 103 Å². The van der Waals surface area contributed by atoms with Gasteiger partial charge in [0.15, 0.2) is 0 Å². The standard InChI is InChI=1S/C67H61N4O.Pt/c1-44-34-63(68-42-59(44)48-24-17-25-49(35-48)65(2,3)4)71-60-33-30-47(45-20-13-11-14-21-45)36-58(60)57-32-31-55(41-62(57)71)72-54-27-18-26-52(40-54)69-43-70(53-38-50(66(5,6)7)37-51(39-53)67(8,9)10)64-56(28-19-29-61(64)69)46-22-15-12-16-23-46;/h11-39,42-43H,1-10H3;/q-3;/i1D3;. The van der Waals surface area contributed by atoms with Crippen molar-refractivity contribution in [3.63, 3.8) is 0 Å². The number of fused-ring (bicyclic) bond motifs is 4. The fourth-order valence-electron chi connectivity index (χ4n) is 9.81. The van der Waals surface area contributed by atoms with Crippen molar-refractivity contribution in [2.45, 2.75) is 85.4 Å². The molecule has 0 amide bonds. The van der Waals surface area contributed by atoms with Crippen LogP contribution in [-0.4, -0.2) is 9.55 Å². The summed E-state index contributed by atoms with van der Waals surface area (Å²) in [6.45, 7) is 19.9. The molecule has 2 aromatic heterocycles. The van der Waals surface area contributed by atoms with Gasteiger partial charge in [-0.1, -0.05) is 183 Å². The van der Waals surface area contributed by atoms with Gasteiger partial charge in [0.1, 0.15) is 5.82 Å². The summed E-state index contributed by atoms with van der Waals surface area (Å²) >= 11 is 0. The van der Waals surface area contributed by atoms with E-state index in [1.807, 2.05) is 53.1 Å². The quantitative estimate of drug-likeness (QED) is 0.142. The molecule has 0 bridgehead atoms. The molecule has 73 heavy (non-hydrogen) atoms. The van der Waals surface area contributed by atoms with Gasteiger partial charge < -0.3 is 19.1 Å². The summed E-state index contributed by atoms with van der Waals surface area (Å²) in [5.74, 6) is 1.46. The zero-order chi connectivity index (χ0) is 52.6. The smallest absolute Gasteiger partial charge is 0.135 e. The zero-order valence-electron chi connectivity index (χ0n) is 45.9. The Kier molecular flexibility index (Phi) is 11.9. The molecule has 1 aliphatic heterocycles. The van der Waals surface area contributed by atoms with E-state index in [9.17, 15) is 0 Å². The van der Waals surface area contributed by atoms with Gasteiger partial charge in [0.05, 0.1) is 0 Å². The Labute approximate surface area is 450 Å². The van der Waals surface area contributed by atoms with Crippen LogP contribution in [0, 0.1) is 25.7 Å². The average Bonchev–Trinajstić information content (AvgIpc) is 3.98. The molecule has 10 aromatic rings. The van der Waals surface area contributed by atoms with Gasteiger partial charge in [0, 0.05) is 76.6 Å². The summed E-state index contributed by atoms with van der Waals surface area (Å²) in [7, 11) is 0. The van der Waals surface area contributed by atoms with Gasteiger partial charge in [0.2, 0.25) is 0 Å². The maximum atomic E-state index is 8.81. The molecular weight excluding hydrogens is 1070 g/mol. The van der Waals surface area contributed by atoms with Gasteiger partial charge in [-0.2, -0.15) is 12.1 Å². The van der Waals surface area contributed by atoms with Gasteiger partial charge in [-0.15, -0.1) is 48.1 Å². The fraction of sp³-hybridized carbons (Fsp3) is 0.194. The first-order valence-corrected chi connectivity index (χ1v) is 24.8. The minimum atomic E-state index is -2.43. The Bertz CT molecular complexity index is 3760. The van der Waals surface area contributed by atoms with Crippen LogP contribution in [0.3, 0.4) is 0 Å². The normalized spacial score (nSPS) is 13.6. The Morgan fingerprint density at radius 2 is 1.18 bits per heavy atom. The van der Waals surface area contributed by atoms with Gasteiger partial charge >= 0.3 is 0 Å². The maximum absolute atomic E-state index is 8.81. The van der Waals surface area contributed by atoms with Crippen LogP contribution in [0.25, 0.3) is 61.0 Å². The van der Waals surface area contributed by atoms with Crippen LogP contribution >= 0.6 is 0 Å². The van der Waals surface area contributed by atoms with E-state index in [0.717, 1.165) is 72.4 Å². The van der Waals surface area contributed by atoms with Crippen LogP contribution in [-0.2, 0) is 37.3 Å². The summed E-state index contributed by atoms with van der Waals surface area (Å²) in [6.07, 6.45) is 1.71. The number of nitrogens with zero attached hydrogens (tertiary/aromatic N) is 4. The molecule has 11 rings (SSSR count). The maximum Gasteiger partial charge on any atom is 0.135 e. The van der Waals surface area contributed by atoms with Crippen molar-refractivity contribution < 1.29 is 29.9 Å². The average molecular weight is 1140 g/mol. The number of ether oxygens (including phenoxy) is 1. The second kappa shape index (κ2) is 19.0. The predicted molar refractivity (Wildman–Crippen MR) is 301 cm³/mol. The van der Waals surface area contributed by atoms with E-state index < -0.39 is 6.85 Å². The summed E-state index contributed by atoms with van der Waals surface area (Å²) in [5.41, 5.74) is 15.0. The number of hydrogen-bond acceptors (Lipinski definition) is 4. The van der Waals surface area contributed by atoms with Gasteiger partial charge in [-0.25, -0.2) is 4.98 Å². The molecule has 0 spiro atoms. The van der Waals surface area contributed by atoms with Gasteiger partial charge in [0.25, 0.3) is 0 Å². The van der Waals surface area contributed by atoms with E-state index in [4.69, 9.17) is 13.8 Å². The van der Waals surface area contributed by atoms with Crippen LogP contribution in [0.2, 0.25) is 0 Å². The number of aromatic nitrogens is 2. The first kappa shape index (κ1) is 45.6. The number of rotatable bonds is 8. The van der Waals surface area contributed by atoms with Crippen LogP contribution < -0.4 is 14.5 Å². The van der Waals surface area contributed by atoms with E-state index in [0.29, 0.717) is 28.4 Å². The van der Waals surface area contributed by atoms with Crippen molar-refractivity contribution in [1.82, 2.24) is 9.55 Å². The van der Waals surface area contributed by atoms with Crippen molar-refractivity contribution in [2.75, 3.05) is 9.80 Å². The first-order valence-electron chi connectivity index (χ1n) is 26.3. The van der Waals surface area contributed by atoms with E-state index in [-0.39, 0.29) is 42.9 Å². The largest absolute Gasteiger partial charge is 0.509 e. The second-order valence-electron chi connectivity index (χ2n) is 22.1. The number of benzene rings is 8. The Balaban J connectivity index is 0.00000657. The van der Waals surface area contributed by atoms with Crippen LogP contribution in [0.4, 0.5) is 22.7 Å². The Morgan fingerprint density at radius 3 is 1.88 bits per heavy atom. The van der Waals surface area contributed by atoms with E-state index in [2.05, 4.69) is 212 Å². The van der Waals surface area contributed by atoms with Crippen LogP contribution in [0.5, 0.6) is 11.5 Å². The SMILES string of the molecule is [2H]C([2H])([2H])c1cc(-n2c3[c-]c(Oc4[c-]c(N5[CH-]N(c6cc(C(C)(C)C)cc(C(C)(C)C)c6)c6c(-c7ccccc7)cccc65)ccc4)ccc3c3cc(-c4ccccc4)ccc32)ncc1-c1cccc(C(C)(C)C)c1.[Pt]. The predicted octanol–water partition coefficient (Wildman–Crippen LogP) is 18.2. The van der Waals surface area contributed by atoms with Crippen molar-refractivity contribution in [3.05, 3.63) is 223 Å². The van der Waals surface area contributed by atoms with E-state index in [1.165, 1.54) is 11.1 Å². The summed E-state index contributed by atoms with van der Waals surface area (Å²) in [4.78, 5) is 9.58. The number of para-hydroxylation sites is 1. The molecular formula is C67H61N4OPt-3. The third kappa shape index (κ3) is 9.52. The molecule has 3 heterocycles. The van der Waals surface area contributed by atoms with E-state index >= 15 is 0 Å². The summed E-state index contributed by atoms with van der Waals surface area (Å²) in [5, 5.41) is 1.90. The Morgan fingerprint density at radius 1 is 0.521 bits per heavy atom. The minimum Gasteiger partial charge on any atom is -0.509 e. The third-order valence-electron chi connectivity index (χ3n) is 13.9.